The molecule has 16 heavy (non-hydrogen) atoms. The average Bonchev–Trinajstić information content (AvgIpc) is 2.15. The van der Waals surface area contributed by atoms with Gasteiger partial charge in [-0.1, -0.05) is 0 Å². The molecular weight excluding hydrogens is 228 g/mol. The van der Waals surface area contributed by atoms with E-state index < -0.39 is 9.84 Å². The summed E-state index contributed by atoms with van der Waals surface area (Å²) in [5, 5.41) is 5.81. The molecule has 1 aromatic heterocycles. The zero-order chi connectivity index (χ0) is 12.2. The minimum Gasteiger partial charge on any atom is -0.366 e. The summed E-state index contributed by atoms with van der Waals surface area (Å²) in [6.45, 7) is 1.79. The molecular formula is C9H16N4O2S. The lowest BCUT2D eigenvalue weighted by molar-refractivity contribution is 0.598. The topological polar surface area (TPSA) is 84.0 Å². The van der Waals surface area contributed by atoms with E-state index in [9.17, 15) is 8.42 Å². The number of aromatic nitrogens is 2. The van der Waals surface area contributed by atoms with Crippen LogP contribution in [0.1, 0.15) is 6.92 Å². The monoisotopic (exact) mass is 244 g/mol. The molecule has 1 atom stereocenters. The van der Waals surface area contributed by atoms with Gasteiger partial charge < -0.3 is 10.6 Å². The van der Waals surface area contributed by atoms with Gasteiger partial charge in [-0.25, -0.2) is 13.4 Å². The number of hydrogen-bond acceptors (Lipinski definition) is 6. The Morgan fingerprint density at radius 2 is 2.19 bits per heavy atom. The fourth-order valence-electron chi connectivity index (χ4n) is 1.31. The highest BCUT2D eigenvalue weighted by Crippen LogP contribution is 2.07. The Morgan fingerprint density at radius 1 is 1.50 bits per heavy atom. The third-order valence-electron chi connectivity index (χ3n) is 1.83. The van der Waals surface area contributed by atoms with Gasteiger partial charge in [0.05, 0.1) is 5.75 Å². The van der Waals surface area contributed by atoms with Crippen LogP contribution in [0.3, 0.4) is 0 Å². The van der Waals surface area contributed by atoms with Crippen molar-refractivity contribution in [3.63, 3.8) is 0 Å². The summed E-state index contributed by atoms with van der Waals surface area (Å²) in [6.07, 6.45) is 2.82. The first-order chi connectivity index (χ1) is 7.40. The number of nitrogens with one attached hydrogen (secondary N) is 2. The van der Waals surface area contributed by atoms with E-state index >= 15 is 0 Å². The molecule has 0 bridgehead atoms. The molecule has 0 fully saturated rings. The quantitative estimate of drug-likeness (QED) is 0.778. The molecule has 0 aliphatic rings. The van der Waals surface area contributed by atoms with E-state index in [0.29, 0.717) is 11.8 Å². The molecule has 0 aliphatic heterocycles. The summed E-state index contributed by atoms with van der Waals surface area (Å²) in [6, 6.07) is 1.51. The second-order valence-electron chi connectivity index (χ2n) is 3.65. The van der Waals surface area contributed by atoms with Gasteiger partial charge in [0, 0.05) is 25.5 Å². The van der Waals surface area contributed by atoms with E-state index in [1.807, 2.05) is 0 Å². The predicted molar refractivity (Wildman–Crippen MR) is 64.4 cm³/mol. The maximum atomic E-state index is 11.1. The summed E-state index contributed by atoms with van der Waals surface area (Å²) in [5.41, 5.74) is 0. The van der Waals surface area contributed by atoms with Crippen LogP contribution in [-0.2, 0) is 9.84 Å². The van der Waals surface area contributed by atoms with Gasteiger partial charge in [-0.05, 0) is 13.0 Å². The highest BCUT2D eigenvalue weighted by molar-refractivity contribution is 7.90. The maximum Gasteiger partial charge on any atom is 0.224 e. The lowest BCUT2D eigenvalue weighted by atomic mass is 10.4. The summed E-state index contributed by atoms with van der Waals surface area (Å²) in [5.74, 6) is 1.18. The third-order valence-corrected chi connectivity index (χ3v) is 2.93. The lowest BCUT2D eigenvalue weighted by Crippen LogP contribution is -2.25. The number of anilines is 2. The van der Waals surface area contributed by atoms with E-state index in [1.54, 1.807) is 26.2 Å². The molecule has 0 saturated carbocycles. The lowest BCUT2D eigenvalue weighted by Gasteiger charge is -2.13. The molecule has 6 nitrogen and oxygen atoms in total. The van der Waals surface area contributed by atoms with Crippen LogP contribution in [0, 0.1) is 0 Å². The molecule has 1 unspecified atom stereocenters. The predicted octanol–water partition coefficient (Wildman–Crippen LogP) is 0.363. The van der Waals surface area contributed by atoms with Gasteiger partial charge >= 0.3 is 0 Å². The molecule has 0 saturated heterocycles. The van der Waals surface area contributed by atoms with Crippen molar-refractivity contribution in [2.24, 2.45) is 0 Å². The number of nitrogens with zero attached hydrogens (tertiary/aromatic N) is 2. The van der Waals surface area contributed by atoms with Crippen LogP contribution in [0.2, 0.25) is 0 Å². The standard InChI is InChI=1S/C9H16N4O2S/c1-7(6-16(3,14)15)12-8-4-5-11-9(10-2)13-8/h4-5,7H,6H2,1-3H3,(H2,10,11,12,13). The summed E-state index contributed by atoms with van der Waals surface area (Å²) in [4.78, 5) is 8.09. The molecule has 1 aromatic rings. The minimum atomic E-state index is -2.98. The van der Waals surface area contributed by atoms with Gasteiger partial charge in [0.1, 0.15) is 15.7 Å². The molecule has 2 N–H and O–H groups in total. The largest absolute Gasteiger partial charge is 0.366 e. The Hall–Kier alpha value is -1.37. The normalized spacial score (nSPS) is 13.2. The summed E-state index contributed by atoms with van der Waals surface area (Å²) < 4.78 is 22.1. The Kier molecular flexibility index (Phi) is 4.05. The van der Waals surface area contributed by atoms with Crippen molar-refractivity contribution in [3.8, 4) is 0 Å². The van der Waals surface area contributed by atoms with Crippen LogP contribution in [0.5, 0.6) is 0 Å². The molecule has 0 aromatic carbocycles. The first-order valence-electron chi connectivity index (χ1n) is 4.86. The first kappa shape index (κ1) is 12.7. The third kappa shape index (κ3) is 4.43. The van der Waals surface area contributed by atoms with Crippen molar-refractivity contribution in [1.29, 1.82) is 0 Å². The van der Waals surface area contributed by atoms with Gasteiger partial charge in [0.15, 0.2) is 0 Å². The van der Waals surface area contributed by atoms with Crippen LogP contribution >= 0.6 is 0 Å². The van der Waals surface area contributed by atoms with Crippen LogP contribution in [0.15, 0.2) is 12.3 Å². The van der Waals surface area contributed by atoms with E-state index in [-0.39, 0.29) is 11.8 Å². The Morgan fingerprint density at radius 3 is 2.75 bits per heavy atom. The van der Waals surface area contributed by atoms with Crippen molar-refractivity contribution < 1.29 is 8.42 Å². The fourth-order valence-corrected chi connectivity index (χ4v) is 2.30. The zero-order valence-corrected chi connectivity index (χ0v) is 10.4. The molecule has 90 valence electrons. The molecule has 0 spiro atoms. The van der Waals surface area contributed by atoms with E-state index in [4.69, 9.17) is 0 Å². The Balaban J connectivity index is 2.65. The van der Waals surface area contributed by atoms with Crippen molar-refractivity contribution in [2.75, 3.05) is 29.7 Å². The minimum absolute atomic E-state index is 0.0753. The second-order valence-corrected chi connectivity index (χ2v) is 5.84. The zero-order valence-electron chi connectivity index (χ0n) is 9.56. The molecule has 1 heterocycles. The van der Waals surface area contributed by atoms with Crippen molar-refractivity contribution in [3.05, 3.63) is 12.3 Å². The highest BCUT2D eigenvalue weighted by Gasteiger charge is 2.10. The second kappa shape index (κ2) is 5.11. The maximum absolute atomic E-state index is 11.1. The van der Waals surface area contributed by atoms with Crippen LogP contribution in [0.25, 0.3) is 0 Å². The Bertz CT molecular complexity index is 447. The summed E-state index contributed by atoms with van der Waals surface area (Å²) >= 11 is 0. The van der Waals surface area contributed by atoms with Gasteiger partial charge in [-0.3, -0.25) is 0 Å². The first-order valence-corrected chi connectivity index (χ1v) is 6.92. The summed E-state index contributed by atoms with van der Waals surface area (Å²) in [7, 11) is -1.26. The van der Waals surface area contributed by atoms with Crippen molar-refractivity contribution in [1.82, 2.24) is 9.97 Å². The van der Waals surface area contributed by atoms with Crippen LogP contribution in [-0.4, -0.2) is 43.5 Å². The van der Waals surface area contributed by atoms with Crippen molar-refractivity contribution in [2.45, 2.75) is 13.0 Å². The highest BCUT2D eigenvalue weighted by atomic mass is 32.2. The van der Waals surface area contributed by atoms with Gasteiger partial charge in [-0.15, -0.1) is 0 Å². The molecule has 0 aliphatic carbocycles. The average molecular weight is 244 g/mol. The van der Waals surface area contributed by atoms with Gasteiger partial charge in [0.2, 0.25) is 5.95 Å². The molecule has 0 radical (unpaired) electrons. The number of sulfone groups is 1. The fraction of sp³-hybridized carbons (Fsp3) is 0.556. The van der Waals surface area contributed by atoms with Crippen LogP contribution in [0.4, 0.5) is 11.8 Å². The number of rotatable bonds is 5. The number of hydrogen-bond donors (Lipinski definition) is 2. The SMILES string of the molecule is CNc1nccc(NC(C)CS(C)(=O)=O)n1. The molecule has 0 amide bonds. The Labute approximate surface area is 95.4 Å². The van der Waals surface area contributed by atoms with E-state index in [2.05, 4.69) is 20.6 Å². The van der Waals surface area contributed by atoms with Gasteiger partial charge in [-0.2, -0.15) is 4.98 Å². The van der Waals surface area contributed by atoms with Crippen LogP contribution < -0.4 is 10.6 Å². The van der Waals surface area contributed by atoms with Crippen molar-refractivity contribution >= 4 is 21.6 Å². The molecule has 7 heteroatoms. The van der Waals surface area contributed by atoms with Gasteiger partial charge in [0.25, 0.3) is 0 Å². The van der Waals surface area contributed by atoms with E-state index in [1.165, 1.54) is 6.26 Å². The van der Waals surface area contributed by atoms with E-state index in [0.717, 1.165) is 0 Å². The molecule has 1 rings (SSSR count). The smallest absolute Gasteiger partial charge is 0.224 e.